The molecular weight excluding hydrogens is 298 g/mol. The van der Waals surface area contributed by atoms with Gasteiger partial charge in [-0.25, -0.2) is 0 Å². The summed E-state index contributed by atoms with van der Waals surface area (Å²) in [5, 5.41) is 2.79. The maximum absolute atomic E-state index is 6.32. The molecule has 3 nitrogen and oxygen atoms in total. The maximum Gasteiger partial charge on any atom is 0.140 e. The molecule has 2 heterocycles. The summed E-state index contributed by atoms with van der Waals surface area (Å²) in [5.74, 6) is 1.84. The number of furan rings is 1. The van der Waals surface area contributed by atoms with Crippen molar-refractivity contribution < 1.29 is 9.15 Å². The smallest absolute Gasteiger partial charge is 0.140 e. The first kappa shape index (κ1) is 13.7. The number of halogens is 1. The maximum atomic E-state index is 6.32. The van der Waals surface area contributed by atoms with Crippen LogP contribution in [0.1, 0.15) is 17.4 Å². The zero-order valence-electron chi connectivity index (χ0n) is 12.3. The molecule has 1 aromatic heterocycles. The third kappa shape index (κ3) is 2.27. The molecule has 2 aromatic carbocycles. The first-order valence-electron chi connectivity index (χ1n) is 7.31. The lowest BCUT2D eigenvalue weighted by Gasteiger charge is -2.29. The largest absolute Gasteiger partial charge is 0.484 e. The fraction of sp³-hybridized carbons (Fsp3) is 0.222. The van der Waals surface area contributed by atoms with Gasteiger partial charge in [0.05, 0.1) is 12.8 Å². The van der Waals surface area contributed by atoms with Crippen molar-refractivity contribution in [3.05, 3.63) is 65.1 Å². The van der Waals surface area contributed by atoms with E-state index in [1.54, 1.807) is 6.26 Å². The Morgan fingerprint density at radius 2 is 1.95 bits per heavy atom. The van der Waals surface area contributed by atoms with Crippen LogP contribution in [0, 0.1) is 0 Å². The van der Waals surface area contributed by atoms with Crippen LogP contribution in [0.5, 0.6) is 5.75 Å². The molecule has 1 atom stereocenters. The Morgan fingerprint density at radius 1 is 1.14 bits per heavy atom. The molecule has 0 amide bonds. The lowest BCUT2D eigenvalue weighted by Crippen LogP contribution is -2.32. The van der Waals surface area contributed by atoms with Crippen LogP contribution in [0.3, 0.4) is 0 Å². The van der Waals surface area contributed by atoms with Gasteiger partial charge < -0.3 is 9.15 Å². The van der Waals surface area contributed by atoms with Gasteiger partial charge in [-0.1, -0.05) is 35.9 Å². The van der Waals surface area contributed by atoms with Crippen molar-refractivity contribution in [3.8, 4) is 5.75 Å². The third-order valence-corrected chi connectivity index (χ3v) is 4.45. The van der Waals surface area contributed by atoms with Crippen molar-refractivity contribution in [3.63, 3.8) is 0 Å². The SMILES string of the molecule is CN1Cc2occc2C(Oc2ccc(Cl)c3ccccc23)C1. The van der Waals surface area contributed by atoms with Crippen molar-refractivity contribution in [2.24, 2.45) is 0 Å². The summed E-state index contributed by atoms with van der Waals surface area (Å²) in [6, 6.07) is 13.9. The van der Waals surface area contributed by atoms with Gasteiger partial charge in [0.15, 0.2) is 0 Å². The minimum Gasteiger partial charge on any atom is -0.484 e. The van der Waals surface area contributed by atoms with Gasteiger partial charge in [-0.2, -0.15) is 0 Å². The lowest BCUT2D eigenvalue weighted by molar-refractivity contribution is 0.121. The van der Waals surface area contributed by atoms with Crippen LogP contribution >= 0.6 is 11.6 Å². The summed E-state index contributed by atoms with van der Waals surface area (Å²) < 4.78 is 11.9. The molecule has 0 fully saturated rings. The van der Waals surface area contributed by atoms with Crippen LogP contribution in [0.15, 0.2) is 53.1 Å². The Bertz CT molecular complexity index is 827. The molecular formula is C18H16ClNO2. The fourth-order valence-corrected chi connectivity index (χ4v) is 3.28. The Balaban J connectivity index is 1.75. The molecule has 0 saturated heterocycles. The van der Waals surface area contributed by atoms with E-state index in [9.17, 15) is 0 Å². The average molecular weight is 314 g/mol. The molecule has 1 aliphatic heterocycles. The van der Waals surface area contributed by atoms with Crippen molar-refractivity contribution in [2.45, 2.75) is 12.6 Å². The normalized spacial score (nSPS) is 18.4. The molecule has 4 rings (SSSR count). The van der Waals surface area contributed by atoms with Crippen LogP contribution in [0.2, 0.25) is 5.02 Å². The van der Waals surface area contributed by atoms with E-state index in [2.05, 4.69) is 11.9 Å². The summed E-state index contributed by atoms with van der Waals surface area (Å²) in [4.78, 5) is 2.20. The van der Waals surface area contributed by atoms with Crippen LogP contribution in [-0.2, 0) is 6.54 Å². The van der Waals surface area contributed by atoms with E-state index in [0.29, 0.717) is 0 Å². The van der Waals surface area contributed by atoms with E-state index in [1.807, 2.05) is 42.5 Å². The molecule has 0 N–H and O–H groups in total. The highest BCUT2D eigenvalue weighted by atomic mass is 35.5. The zero-order chi connectivity index (χ0) is 15.1. The number of likely N-dealkylation sites (N-methyl/N-ethyl adjacent to an activating group) is 1. The Hall–Kier alpha value is -1.97. The van der Waals surface area contributed by atoms with E-state index in [-0.39, 0.29) is 6.10 Å². The van der Waals surface area contributed by atoms with Crippen LogP contribution in [0.4, 0.5) is 0 Å². The number of hydrogen-bond donors (Lipinski definition) is 0. The van der Waals surface area contributed by atoms with Crippen molar-refractivity contribution in [1.82, 2.24) is 4.90 Å². The Labute approximate surface area is 134 Å². The lowest BCUT2D eigenvalue weighted by atomic mass is 10.0. The minimum absolute atomic E-state index is 0.0305. The van der Waals surface area contributed by atoms with Gasteiger partial charge in [0.1, 0.15) is 17.6 Å². The molecule has 0 aliphatic carbocycles. The van der Waals surface area contributed by atoms with Crippen molar-refractivity contribution in [2.75, 3.05) is 13.6 Å². The monoisotopic (exact) mass is 313 g/mol. The number of rotatable bonds is 2. The summed E-state index contributed by atoms with van der Waals surface area (Å²) in [6.07, 6.45) is 1.71. The van der Waals surface area contributed by atoms with Gasteiger partial charge in [-0.3, -0.25) is 4.90 Å². The Kier molecular flexibility index (Phi) is 3.32. The van der Waals surface area contributed by atoms with Gasteiger partial charge in [0, 0.05) is 27.9 Å². The first-order chi connectivity index (χ1) is 10.7. The quantitative estimate of drug-likeness (QED) is 0.688. The number of ether oxygens (including phenoxy) is 1. The van der Waals surface area contributed by atoms with E-state index in [4.69, 9.17) is 20.8 Å². The highest BCUT2D eigenvalue weighted by Crippen LogP contribution is 2.36. The van der Waals surface area contributed by atoms with E-state index >= 15 is 0 Å². The summed E-state index contributed by atoms with van der Waals surface area (Å²) in [6.45, 7) is 1.66. The zero-order valence-corrected chi connectivity index (χ0v) is 13.0. The standard InChI is InChI=1S/C18H16ClNO2/c1-20-10-17-14(8-9-21-17)18(11-20)22-16-7-6-15(19)12-4-2-3-5-13(12)16/h2-9,18H,10-11H2,1H3. The molecule has 0 saturated carbocycles. The van der Waals surface area contributed by atoms with E-state index in [0.717, 1.165) is 46.0 Å². The third-order valence-electron chi connectivity index (χ3n) is 4.12. The predicted molar refractivity (Wildman–Crippen MR) is 87.4 cm³/mol. The molecule has 1 aliphatic rings. The summed E-state index contributed by atoms with van der Waals surface area (Å²) in [5.41, 5.74) is 1.14. The van der Waals surface area contributed by atoms with Gasteiger partial charge >= 0.3 is 0 Å². The van der Waals surface area contributed by atoms with Gasteiger partial charge in [0.2, 0.25) is 0 Å². The van der Waals surface area contributed by atoms with E-state index in [1.165, 1.54) is 0 Å². The molecule has 1 unspecified atom stereocenters. The molecule has 22 heavy (non-hydrogen) atoms. The first-order valence-corrected chi connectivity index (χ1v) is 7.69. The number of benzene rings is 2. The van der Waals surface area contributed by atoms with E-state index < -0.39 is 0 Å². The van der Waals surface area contributed by atoms with Crippen LogP contribution in [-0.4, -0.2) is 18.5 Å². The second-order valence-corrected chi connectivity index (χ2v) is 6.10. The second-order valence-electron chi connectivity index (χ2n) is 5.69. The van der Waals surface area contributed by atoms with Crippen molar-refractivity contribution >= 4 is 22.4 Å². The van der Waals surface area contributed by atoms with Crippen molar-refractivity contribution in [1.29, 1.82) is 0 Å². The summed E-state index contributed by atoms with van der Waals surface area (Å²) in [7, 11) is 2.07. The van der Waals surface area contributed by atoms with Gasteiger partial charge in [0.25, 0.3) is 0 Å². The number of nitrogens with zero attached hydrogens (tertiary/aromatic N) is 1. The summed E-state index contributed by atoms with van der Waals surface area (Å²) >= 11 is 6.28. The predicted octanol–water partition coefficient (Wildman–Crippen LogP) is 4.65. The highest BCUT2D eigenvalue weighted by Gasteiger charge is 2.27. The Morgan fingerprint density at radius 3 is 2.82 bits per heavy atom. The fourth-order valence-electron chi connectivity index (χ4n) is 3.05. The molecule has 0 spiro atoms. The number of fused-ring (bicyclic) bond motifs is 2. The van der Waals surface area contributed by atoms with Crippen LogP contribution in [0.25, 0.3) is 10.8 Å². The minimum atomic E-state index is -0.0305. The second kappa shape index (κ2) is 5.34. The topological polar surface area (TPSA) is 25.6 Å². The number of hydrogen-bond acceptors (Lipinski definition) is 3. The molecule has 112 valence electrons. The van der Waals surface area contributed by atoms with Gasteiger partial charge in [-0.05, 0) is 25.2 Å². The van der Waals surface area contributed by atoms with Gasteiger partial charge in [-0.15, -0.1) is 0 Å². The molecule has 4 heteroatoms. The van der Waals surface area contributed by atoms with Crippen LogP contribution < -0.4 is 4.74 Å². The highest BCUT2D eigenvalue weighted by molar-refractivity contribution is 6.35. The molecule has 3 aromatic rings. The average Bonchev–Trinajstić information content (AvgIpc) is 2.98. The molecule has 0 bridgehead atoms. The molecule has 0 radical (unpaired) electrons.